The standard InChI is InChI=1S/C19H16F2N2OS/c1-12(14-8-9-15(20)16(21)10-14)23(2)19(24)17-11-25-18(22-17)13-6-4-3-5-7-13/h3-12H,1-2H3. The van der Waals surface area contributed by atoms with Gasteiger partial charge in [0, 0.05) is 18.0 Å². The molecule has 25 heavy (non-hydrogen) atoms. The molecule has 0 aliphatic heterocycles. The molecule has 2 aromatic carbocycles. The lowest BCUT2D eigenvalue weighted by atomic mass is 10.1. The Morgan fingerprint density at radius 3 is 2.52 bits per heavy atom. The molecule has 0 aliphatic carbocycles. The average molecular weight is 358 g/mol. The lowest BCUT2D eigenvalue weighted by Gasteiger charge is -2.24. The molecule has 6 heteroatoms. The fourth-order valence-corrected chi connectivity index (χ4v) is 3.24. The Labute approximate surface area is 148 Å². The van der Waals surface area contributed by atoms with E-state index in [9.17, 15) is 13.6 Å². The Kier molecular flexibility index (Phi) is 4.90. The molecule has 0 N–H and O–H groups in total. The molecule has 3 aromatic rings. The number of amides is 1. The Morgan fingerprint density at radius 2 is 1.84 bits per heavy atom. The monoisotopic (exact) mass is 358 g/mol. The first-order valence-electron chi connectivity index (χ1n) is 7.70. The second kappa shape index (κ2) is 7.11. The predicted octanol–water partition coefficient (Wildman–Crippen LogP) is 4.92. The highest BCUT2D eigenvalue weighted by molar-refractivity contribution is 7.13. The van der Waals surface area contributed by atoms with Crippen molar-refractivity contribution in [1.82, 2.24) is 9.88 Å². The molecular formula is C19H16F2N2OS. The van der Waals surface area contributed by atoms with Crippen molar-refractivity contribution in [3.05, 3.63) is 76.8 Å². The summed E-state index contributed by atoms with van der Waals surface area (Å²) in [5.74, 6) is -2.10. The van der Waals surface area contributed by atoms with Crippen molar-refractivity contribution in [1.29, 1.82) is 0 Å². The van der Waals surface area contributed by atoms with Gasteiger partial charge in [-0.25, -0.2) is 13.8 Å². The smallest absolute Gasteiger partial charge is 0.273 e. The molecule has 3 rings (SSSR count). The molecule has 1 amide bonds. The normalized spacial score (nSPS) is 12.0. The summed E-state index contributed by atoms with van der Waals surface area (Å²) in [5, 5.41) is 2.47. The van der Waals surface area contributed by atoms with E-state index in [1.54, 1.807) is 19.4 Å². The van der Waals surface area contributed by atoms with Crippen LogP contribution in [0.15, 0.2) is 53.9 Å². The van der Waals surface area contributed by atoms with Crippen molar-refractivity contribution >= 4 is 17.2 Å². The van der Waals surface area contributed by atoms with Crippen LogP contribution in [-0.2, 0) is 0 Å². The van der Waals surface area contributed by atoms with Gasteiger partial charge in [0.2, 0.25) is 0 Å². The van der Waals surface area contributed by atoms with E-state index in [0.717, 1.165) is 22.7 Å². The maximum atomic E-state index is 13.4. The number of aromatic nitrogens is 1. The Bertz CT molecular complexity index is 895. The van der Waals surface area contributed by atoms with Gasteiger partial charge in [-0.3, -0.25) is 4.79 Å². The number of halogens is 2. The van der Waals surface area contributed by atoms with Gasteiger partial charge in [-0.05, 0) is 24.6 Å². The fourth-order valence-electron chi connectivity index (χ4n) is 2.44. The van der Waals surface area contributed by atoms with Crippen LogP contribution in [0.1, 0.15) is 29.0 Å². The molecule has 0 saturated heterocycles. The van der Waals surface area contributed by atoms with Crippen LogP contribution in [0.25, 0.3) is 10.6 Å². The maximum absolute atomic E-state index is 13.4. The molecule has 1 unspecified atom stereocenters. The van der Waals surface area contributed by atoms with Gasteiger partial charge in [-0.2, -0.15) is 0 Å². The minimum atomic E-state index is -0.926. The first kappa shape index (κ1) is 17.2. The summed E-state index contributed by atoms with van der Waals surface area (Å²) >= 11 is 1.39. The molecule has 1 atom stereocenters. The molecule has 1 heterocycles. The van der Waals surface area contributed by atoms with E-state index in [1.165, 1.54) is 22.3 Å². The molecule has 0 saturated carbocycles. The molecule has 0 aliphatic rings. The van der Waals surface area contributed by atoms with Crippen LogP contribution in [0.4, 0.5) is 8.78 Å². The molecule has 128 valence electrons. The topological polar surface area (TPSA) is 33.2 Å². The lowest BCUT2D eigenvalue weighted by Crippen LogP contribution is -2.30. The van der Waals surface area contributed by atoms with E-state index in [2.05, 4.69) is 4.98 Å². The summed E-state index contributed by atoms with van der Waals surface area (Å²) in [6.07, 6.45) is 0. The molecule has 1 aromatic heterocycles. The summed E-state index contributed by atoms with van der Waals surface area (Å²) in [5.41, 5.74) is 1.80. The maximum Gasteiger partial charge on any atom is 0.273 e. The zero-order valence-electron chi connectivity index (χ0n) is 13.7. The number of thiazole rings is 1. The summed E-state index contributed by atoms with van der Waals surface area (Å²) in [7, 11) is 1.62. The molecule has 0 bridgehead atoms. The van der Waals surface area contributed by atoms with E-state index >= 15 is 0 Å². The number of hydrogen-bond donors (Lipinski definition) is 0. The van der Waals surface area contributed by atoms with E-state index in [-0.39, 0.29) is 5.91 Å². The van der Waals surface area contributed by atoms with E-state index < -0.39 is 17.7 Å². The van der Waals surface area contributed by atoms with Gasteiger partial charge < -0.3 is 4.90 Å². The van der Waals surface area contributed by atoms with E-state index in [0.29, 0.717) is 11.3 Å². The van der Waals surface area contributed by atoms with Crippen molar-refractivity contribution in [3.63, 3.8) is 0 Å². The number of carbonyl (C=O) groups excluding carboxylic acids is 1. The van der Waals surface area contributed by atoms with Crippen molar-refractivity contribution in [2.45, 2.75) is 13.0 Å². The largest absolute Gasteiger partial charge is 0.334 e. The highest BCUT2D eigenvalue weighted by Crippen LogP contribution is 2.26. The van der Waals surface area contributed by atoms with Gasteiger partial charge in [0.1, 0.15) is 10.7 Å². The summed E-state index contributed by atoms with van der Waals surface area (Å²) in [4.78, 5) is 18.5. The fraction of sp³-hybridized carbons (Fsp3) is 0.158. The summed E-state index contributed by atoms with van der Waals surface area (Å²) < 4.78 is 26.5. The van der Waals surface area contributed by atoms with Gasteiger partial charge in [0.05, 0.1) is 6.04 Å². The van der Waals surface area contributed by atoms with E-state index in [1.807, 2.05) is 30.3 Å². The van der Waals surface area contributed by atoms with Gasteiger partial charge in [0.25, 0.3) is 5.91 Å². The predicted molar refractivity (Wildman–Crippen MR) is 94.4 cm³/mol. The van der Waals surface area contributed by atoms with Crippen LogP contribution < -0.4 is 0 Å². The Hall–Kier alpha value is -2.60. The average Bonchev–Trinajstić information content (AvgIpc) is 3.13. The van der Waals surface area contributed by atoms with Crippen LogP contribution >= 0.6 is 11.3 Å². The zero-order chi connectivity index (χ0) is 18.0. The number of rotatable bonds is 4. The third-order valence-corrected chi connectivity index (χ3v) is 4.96. The van der Waals surface area contributed by atoms with Crippen molar-refractivity contribution in [2.75, 3.05) is 7.05 Å². The molecule has 0 spiro atoms. The number of hydrogen-bond acceptors (Lipinski definition) is 3. The summed E-state index contributed by atoms with van der Waals surface area (Å²) in [6.45, 7) is 1.76. The molecule has 3 nitrogen and oxygen atoms in total. The molecule has 0 radical (unpaired) electrons. The van der Waals surface area contributed by atoms with E-state index in [4.69, 9.17) is 0 Å². The van der Waals surface area contributed by atoms with Crippen molar-refractivity contribution in [3.8, 4) is 10.6 Å². The number of carbonyl (C=O) groups is 1. The van der Waals surface area contributed by atoms with Crippen LogP contribution in [0.5, 0.6) is 0 Å². The second-order valence-corrected chi connectivity index (χ2v) is 6.53. The molecule has 0 fully saturated rings. The Balaban J connectivity index is 1.80. The minimum absolute atomic E-state index is 0.268. The van der Waals surface area contributed by atoms with Crippen LogP contribution in [0, 0.1) is 11.6 Å². The third-order valence-electron chi connectivity index (χ3n) is 4.07. The first-order chi connectivity index (χ1) is 12.0. The first-order valence-corrected chi connectivity index (χ1v) is 8.58. The Morgan fingerprint density at radius 1 is 1.12 bits per heavy atom. The van der Waals surface area contributed by atoms with Gasteiger partial charge >= 0.3 is 0 Å². The van der Waals surface area contributed by atoms with Gasteiger partial charge in [-0.15, -0.1) is 11.3 Å². The van der Waals surface area contributed by atoms with Gasteiger partial charge in [-0.1, -0.05) is 36.4 Å². The second-order valence-electron chi connectivity index (χ2n) is 5.67. The van der Waals surface area contributed by atoms with Crippen LogP contribution in [0.3, 0.4) is 0 Å². The van der Waals surface area contributed by atoms with Gasteiger partial charge in [0.15, 0.2) is 11.6 Å². The highest BCUT2D eigenvalue weighted by atomic mass is 32.1. The summed E-state index contributed by atoms with van der Waals surface area (Å²) in [6, 6.07) is 12.8. The van der Waals surface area contributed by atoms with Crippen LogP contribution in [-0.4, -0.2) is 22.8 Å². The lowest BCUT2D eigenvalue weighted by molar-refractivity contribution is 0.0737. The van der Waals surface area contributed by atoms with Crippen LogP contribution in [0.2, 0.25) is 0 Å². The van der Waals surface area contributed by atoms with Crippen molar-refractivity contribution < 1.29 is 13.6 Å². The number of nitrogens with zero attached hydrogens (tertiary/aromatic N) is 2. The van der Waals surface area contributed by atoms with Crippen molar-refractivity contribution in [2.24, 2.45) is 0 Å². The highest BCUT2D eigenvalue weighted by Gasteiger charge is 2.22. The third kappa shape index (κ3) is 3.58. The zero-order valence-corrected chi connectivity index (χ0v) is 14.6. The minimum Gasteiger partial charge on any atom is -0.334 e. The number of benzene rings is 2. The molecular weight excluding hydrogens is 342 g/mol. The SMILES string of the molecule is CC(c1ccc(F)c(F)c1)N(C)C(=O)c1csc(-c2ccccc2)n1. The quantitative estimate of drug-likeness (QED) is 0.663.